The van der Waals surface area contributed by atoms with Gasteiger partial charge in [-0.2, -0.15) is 8.42 Å². The molecule has 0 saturated carbocycles. The minimum absolute atomic E-state index is 0.553. The largest absolute Gasteiger partial charge is 0.302 e. The van der Waals surface area contributed by atoms with Crippen LogP contribution in [0.15, 0.2) is 0 Å². The monoisotopic (exact) mass is 163 g/mol. The molecule has 6 heteroatoms. The molecule has 0 bridgehead atoms. The van der Waals surface area contributed by atoms with Gasteiger partial charge in [0.25, 0.3) is 10.1 Å². The number of hydrogen-bond donors (Lipinski definition) is 2. The van der Waals surface area contributed by atoms with E-state index >= 15 is 0 Å². The molecule has 0 aliphatic rings. The molecule has 0 aliphatic carbocycles. The van der Waals surface area contributed by atoms with Gasteiger partial charge in [0.1, 0.15) is 5.25 Å². The molecule has 56 valence electrons. The van der Waals surface area contributed by atoms with Crippen LogP contribution in [0.5, 0.6) is 0 Å². The van der Waals surface area contributed by atoms with Crippen LogP contribution in [0.4, 0.5) is 0 Å². The topological polar surface area (TPSA) is 95.3 Å². The van der Waals surface area contributed by atoms with Gasteiger partial charge in [-0.25, -0.2) is 0 Å². The summed E-state index contributed by atoms with van der Waals surface area (Å²) < 4.78 is 28.5. The van der Waals surface area contributed by atoms with Crippen LogP contribution in [0.25, 0.3) is 0 Å². The summed E-state index contributed by atoms with van der Waals surface area (Å²) in [4.78, 5) is 9.60. The van der Waals surface area contributed by atoms with Crippen LogP contribution in [0.2, 0.25) is 0 Å². The molecule has 0 heterocycles. The van der Waals surface area contributed by atoms with Crippen LogP contribution >= 0.6 is 0 Å². The first-order chi connectivity index (χ1) is 4.52. The maximum absolute atomic E-state index is 10.1. The summed E-state index contributed by atoms with van der Waals surface area (Å²) in [5.41, 5.74) is 0. The fraction of sp³-hybridized carbons (Fsp3) is 0.500. The van der Waals surface area contributed by atoms with Gasteiger partial charge < -0.3 is 5.41 Å². The molecule has 0 spiro atoms. The summed E-state index contributed by atoms with van der Waals surface area (Å²) in [5, 5.41) is 4.79. The van der Waals surface area contributed by atoms with Crippen LogP contribution < -0.4 is 0 Å². The van der Waals surface area contributed by atoms with E-state index < -0.39 is 21.8 Å². The molecule has 0 amide bonds. The van der Waals surface area contributed by atoms with E-state index in [2.05, 4.69) is 0 Å². The van der Waals surface area contributed by atoms with E-state index in [4.69, 9.17) is 9.96 Å². The molecule has 0 aromatic heterocycles. The Morgan fingerprint density at radius 3 is 2.20 bits per heavy atom. The Balaban J connectivity index is 4.36. The van der Waals surface area contributed by atoms with Gasteiger partial charge in [-0.3, -0.25) is 9.35 Å². The minimum atomic E-state index is -4.34. The van der Waals surface area contributed by atoms with Crippen LogP contribution in [0.1, 0.15) is 6.42 Å². The molecule has 0 aliphatic heterocycles. The molecule has 0 aromatic carbocycles. The van der Waals surface area contributed by atoms with E-state index in [1.165, 1.54) is 12.5 Å². The van der Waals surface area contributed by atoms with Gasteiger partial charge >= 0.3 is 0 Å². The van der Waals surface area contributed by atoms with Gasteiger partial charge in [0.05, 0.1) is 6.21 Å². The van der Waals surface area contributed by atoms with Crippen molar-refractivity contribution in [3.8, 4) is 0 Å². The lowest BCUT2D eigenvalue weighted by Crippen LogP contribution is -2.21. The number of rotatable bonds is 4. The summed E-state index contributed by atoms with van der Waals surface area (Å²) in [6.07, 6.45) is 2.19. The van der Waals surface area contributed by atoms with Crippen molar-refractivity contribution >= 4 is 22.6 Å². The molecular formula is C4H5NO4S. The Bertz CT molecular complexity index is 219. The van der Waals surface area contributed by atoms with Crippen LogP contribution in [0, 0.1) is 5.41 Å². The second kappa shape index (κ2) is 3.43. The van der Waals surface area contributed by atoms with E-state index in [0.717, 1.165) is 0 Å². The molecule has 5 nitrogen and oxygen atoms in total. The highest BCUT2D eigenvalue weighted by atomic mass is 32.2. The van der Waals surface area contributed by atoms with Crippen molar-refractivity contribution in [1.29, 1.82) is 5.41 Å². The van der Waals surface area contributed by atoms with E-state index in [9.17, 15) is 13.2 Å². The summed E-state index contributed by atoms with van der Waals surface area (Å²) >= 11 is 0. The Labute approximate surface area is 58.3 Å². The van der Waals surface area contributed by atoms with Crippen LogP contribution in [0.3, 0.4) is 0 Å². The SMILES string of the molecule is N=[C]C(C[C]=O)S(=O)(=O)O. The first-order valence-corrected chi connectivity index (χ1v) is 3.76. The van der Waals surface area contributed by atoms with Crippen molar-refractivity contribution in [2.45, 2.75) is 11.7 Å². The molecule has 0 rings (SSSR count). The van der Waals surface area contributed by atoms with Crippen LogP contribution in [-0.4, -0.2) is 30.7 Å². The zero-order valence-electron chi connectivity index (χ0n) is 4.86. The maximum Gasteiger partial charge on any atom is 0.274 e. The summed E-state index contributed by atoms with van der Waals surface area (Å²) in [6.45, 7) is 0. The second-order valence-electron chi connectivity index (χ2n) is 1.50. The first kappa shape index (κ1) is 9.25. The third-order valence-electron chi connectivity index (χ3n) is 0.789. The second-order valence-corrected chi connectivity index (χ2v) is 3.10. The number of carbonyl (C=O) groups excluding carboxylic acids is 1. The van der Waals surface area contributed by atoms with Crippen molar-refractivity contribution in [2.24, 2.45) is 0 Å². The lowest BCUT2D eigenvalue weighted by atomic mass is 10.3. The zero-order valence-corrected chi connectivity index (χ0v) is 5.68. The highest BCUT2D eigenvalue weighted by Gasteiger charge is 2.20. The van der Waals surface area contributed by atoms with Gasteiger partial charge in [0.2, 0.25) is 0 Å². The molecule has 0 aromatic rings. The Hall–Kier alpha value is -0.750. The molecular weight excluding hydrogens is 158 g/mol. The first-order valence-electron chi connectivity index (χ1n) is 2.26. The van der Waals surface area contributed by atoms with Gasteiger partial charge in [0, 0.05) is 6.42 Å². The van der Waals surface area contributed by atoms with Crippen molar-refractivity contribution < 1.29 is 17.8 Å². The molecule has 2 N–H and O–H groups in total. The predicted octanol–water partition coefficient (Wildman–Crippen LogP) is -0.731. The molecule has 0 fully saturated rings. The maximum atomic E-state index is 10.1. The third-order valence-corrected chi connectivity index (χ3v) is 1.79. The molecule has 2 radical (unpaired) electrons. The molecule has 1 atom stereocenters. The van der Waals surface area contributed by atoms with Crippen molar-refractivity contribution in [3.05, 3.63) is 0 Å². The van der Waals surface area contributed by atoms with E-state index in [1.807, 2.05) is 0 Å². The summed E-state index contributed by atoms with van der Waals surface area (Å²) in [6, 6.07) is 0. The van der Waals surface area contributed by atoms with E-state index in [1.54, 1.807) is 0 Å². The Morgan fingerprint density at radius 2 is 2.10 bits per heavy atom. The summed E-state index contributed by atoms with van der Waals surface area (Å²) in [7, 11) is -4.34. The van der Waals surface area contributed by atoms with Crippen molar-refractivity contribution in [2.75, 3.05) is 0 Å². The standard InChI is InChI=1S/C4H5NO4S/c5-3-4(1-2-6)10(7,8)9/h4-5H,1H2,(H,7,8,9). The zero-order chi connectivity index (χ0) is 8.20. The average molecular weight is 163 g/mol. The van der Waals surface area contributed by atoms with Gasteiger partial charge in [-0.1, -0.05) is 0 Å². The van der Waals surface area contributed by atoms with Gasteiger partial charge in [0.15, 0.2) is 6.29 Å². The minimum Gasteiger partial charge on any atom is -0.302 e. The van der Waals surface area contributed by atoms with E-state index in [0.29, 0.717) is 0 Å². The highest BCUT2D eigenvalue weighted by molar-refractivity contribution is 7.87. The molecule has 1 unspecified atom stereocenters. The van der Waals surface area contributed by atoms with Gasteiger partial charge in [-0.05, 0) is 0 Å². The molecule has 0 saturated heterocycles. The predicted molar refractivity (Wildman–Crippen MR) is 33.4 cm³/mol. The quantitative estimate of drug-likeness (QED) is 0.422. The van der Waals surface area contributed by atoms with Crippen LogP contribution in [-0.2, 0) is 14.9 Å². The normalized spacial score (nSPS) is 14.1. The van der Waals surface area contributed by atoms with Crippen molar-refractivity contribution in [3.63, 3.8) is 0 Å². The Kier molecular flexibility index (Phi) is 3.17. The molecule has 10 heavy (non-hydrogen) atoms. The fourth-order valence-electron chi connectivity index (χ4n) is 0.306. The van der Waals surface area contributed by atoms with Gasteiger partial charge in [-0.15, -0.1) is 0 Å². The van der Waals surface area contributed by atoms with E-state index in [-0.39, 0.29) is 0 Å². The third kappa shape index (κ3) is 2.70. The fourth-order valence-corrected chi connectivity index (χ4v) is 0.734. The lowest BCUT2D eigenvalue weighted by molar-refractivity contribution is 0.476. The summed E-state index contributed by atoms with van der Waals surface area (Å²) in [5.74, 6) is 0. The number of nitrogens with one attached hydrogen (secondary N) is 1. The average Bonchev–Trinajstić information content (AvgIpc) is 1.80. The highest BCUT2D eigenvalue weighted by Crippen LogP contribution is 1.97. The smallest absolute Gasteiger partial charge is 0.274 e. The lowest BCUT2D eigenvalue weighted by Gasteiger charge is -1.99. The Morgan fingerprint density at radius 1 is 1.60 bits per heavy atom. The van der Waals surface area contributed by atoms with Crippen molar-refractivity contribution in [1.82, 2.24) is 0 Å². The number of hydrogen-bond acceptors (Lipinski definition) is 4.